The molecule has 0 N–H and O–H groups in total. The summed E-state index contributed by atoms with van der Waals surface area (Å²) in [6.45, 7) is 5.45. The van der Waals surface area contributed by atoms with Crippen molar-refractivity contribution >= 4 is 26.8 Å². The third-order valence-electron chi connectivity index (χ3n) is 5.49. The maximum atomic E-state index is 12.3. The van der Waals surface area contributed by atoms with E-state index in [0.717, 1.165) is 12.8 Å². The van der Waals surface area contributed by atoms with E-state index in [2.05, 4.69) is 15.1 Å². The SMILES string of the molecule is CC(C)CC(=O)N1CCC(Oc2ncnc3c2cnn3-c2ccc(S(C)(=O)=O)cc2)CC1. The molecule has 0 spiro atoms. The molecule has 170 valence electrons. The molecule has 0 atom stereocenters. The summed E-state index contributed by atoms with van der Waals surface area (Å²) in [5.41, 5.74) is 1.26. The van der Waals surface area contributed by atoms with E-state index in [0.29, 0.717) is 48.0 Å². The van der Waals surface area contributed by atoms with Crippen molar-refractivity contribution in [1.82, 2.24) is 24.6 Å². The lowest BCUT2D eigenvalue weighted by atomic mass is 10.1. The average Bonchev–Trinajstić information content (AvgIpc) is 3.18. The van der Waals surface area contributed by atoms with Gasteiger partial charge in [0.05, 0.1) is 16.8 Å². The molecule has 0 saturated carbocycles. The average molecular weight is 458 g/mol. The zero-order chi connectivity index (χ0) is 22.9. The van der Waals surface area contributed by atoms with Crippen LogP contribution >= 0.6 is 0 Å². The topological polar surface area (TPSA) is 107 Å². The minimum Gasteiger partial charge on any atom is -0.474 e. The standard InChI is InChI=1S/C22H27N5O4S/c1-15(2)12-20(28)26-10-8-17(9-11-26)31-22-19-13-25-27(21(19)23-14-24-22)16-4-6-18(7-5-16)32(3,29)30/h4-7,13-15,17H,8-12H2,1-3H3. The molecule has 1 aromatic carbocycles. The van der Waals surface area contributed by atoms with Crippen LogP contribution in [0.2, 0.25) is 0 Å². The van der Waals surface area contributed by atoms with Gasteiger partial charge in [0.1, 0.15) is 17.8 Å². The van der Waals surface area contributed by atoms with Gasteiger partial charge >= 0.3 is 0 Å². The smallest absolute Gasteiger partial charge is 0.228 e. The minimum absolute atomic E-state index is 0.0337. The Hall–Kier alpha value is -3.01. The number of benzene rings is 1. The number of sulfone groups is 1. The fourth-order valence-corrected chi connectivity index (χ4v) is 4.43. The second-order valence-electron chi connectivity index (χ2n) is 8.53. The zero-order valence-corrected chi connectivity index (χ0v) is 19.2. The summed E-state index contributed by atoms with van der Waals surface area (Å²) < 4.78 is 31.2. The molecular weight excluding hydrogens is 430 g/mol. The molecule has 1 amide bonds. The fraction of sp³-hybridized carbons (Fsp3) is 0.455. The van der Waals surface area contributed by atoms with Gasteiger partial charge in [-0.2, -0.15) is 5.10 Å². The Bertz CT molecular complexity index is 1210. The molecule has 0 bridgehead atoms. The molecule has 1 fully saturated rings. The van der Waals surface area contributed by atoms with Gasteiger partial charge in [-0.25, -0.2) is 23.1 Å². The first-order valence-electron chi connectivity index (χ1n) is 10.7. The van der Waals surface area contributed by atoms with Crippen LogP contribution < -0.4 is 4.74 Å². The van der Waals surface area contributed by atoms with Gasteiger partial charge in [0.15, 0.2) is 15.5 Å². The van der Waals surface area contributed by atoms with E-state index in [-0.39, 0.29) is 16.9 Å². The number of nitrogens with zero attached hydrogens (tertiary/aromatic N) is 5. The predicted octanol–water partition coefficient (Wildman–Crippen LogP) is 2.63. The maximum Gasteiger partial charge on any atom is 0.228 e. The van der Waals surface area contributed by atoms with Crippen LogP contribution in [0.3, 0.4) is 0 Å². The second-order valence-corrected chi connectivity index (χ2v) is 10.6. The quantitative estimate of drug-likeness (QED) is 0.560. The summed E-state index contributed by atoms with van der Waals surface area (Å²) in [4.78, 5) is 23.1. The lowest BCUT2D eigenvalue weighted by Crippen LogP contribution is -2.42. The number of hydrogen-bond donors (Lipinski definition) is 0. The highest BCUT2D eigenvalue weighted by Crippen LogP contribution is 2.26. The number of likely N-dealkylation sites (tertiary alicyclic amines) is 1. The van der Waals surface area contributed by atoms with Gasteiger partial charge in [-0.05, 0) is 30.2 Å². The highest BCUT2D eigenvalue weighted by atomic mass is 32.2. The van der Waals surface area contributed by atoms with Gasteiger partial charge in [-0.3, -0.25) is 4.79 Å². The van der Waals surface area contributed by atoms with Crippen LogP contribution in [0.25, 0.3) is 16.7 Å². The number of fused-ring (bicyclic) bond motifs is 1. The van der Waals surface area contributed by atoms with Crippen molar-refractivity contribution in [3.05, 3.63) is 36.8 Å². The second kappa shape index (κ2) is 8.85. The Morgan fingerprint density at radius 2 is 1.84 bits per heavy atom. The van der Waals surface area contributed by atoms with Gasteiger partial charge in [0.25, 0.3) is 0 Å². The molecule has 0 unspecified atom stereocenters. The van der Waals surface area contributed by atoms with Gasteiger partial charge in [0, 0.05) is 38.6 Å². The number of piperidine rings is 1. The molecule has 9 nitrogen and oxygen atoms in total. The van der Waals surface area contributed by atoms with Crippen molar-refractivity contribution in [3.8, 4) is 11.6 Å². The van der Waals surface area contributed by atoms with E-state index in [1.807, 2.05) is 18.7 Å². The van der Waals surface area contributed by atoms with Crippen LogP contribution in [0.15, 0.2) is 41.7 Å². The Balaban J connectivity index is 1.49. The van der Waals surface area contributed by atoms with Crippen LogP contribution in [0.5, 0.6) is 5.88 Å². The molecular formula is C22H27N5O4S. The van der Waals surface area contributed by atoms with E-state index >= 15 is 0 Å². The number of aromatic nitrogens is 4. The van der Waals surface area contributed by atoms with Gasteiger partial charge in [-0.1, -0.05) is 13.8 Å². The largest absolute Gasteiger partial charge is 0.474 e. The van der Waals surface area contributed by atoms with E-state index in [9.17, 15) is 13.2 Å². The summed E-state index contributed by atoms with van der Waals surface area (Å²) in [7, 11) is -3.27. The summed E-state index contributed by atoms with van der Waals surface area (Å²) >= 11 is 0. The molecule has 1 aliphatic rings. The van der Waals surface area contributed by atoms with Gasteiger partial charge in [-0.15, -0.1) is 0 Å². The first-order chi connectivity index (χ1) is 15.2. The van der Waals surface area contributed by atoms with Crippen molar-refractivity contribution in [2.24, 2.45) is 5.92 Å². The molecule has 32 heavy (non-hydrogen) atoms. The Morgan fingerprint density at radius 1 is 1.16 bits per heavy atom. The molecule has 10 heteroatoms. The van der Waals surface area contributed by atoms with E-state index in [1.54, 1.807) is 35.1 Å². The highest BCUT2D eigenvalue weighted by molar-refractivity contribution is 7.90. The lowest BCUT2D eigenvalue weighted by molar-refractivity contribution is -0.133. The molecule has 1 saturated heterocycles. The zero-order valence-electron chi connectivity index (χ0n) is 18.4. The Labute approximate surface area is 187 Å². The molecule has 3 heterocycles. The number of carbonyl (C=O) groups is 1. The van der Waals surface area contributed by atoms with Crippen LogP contribution in [-0.2, 0) is 14.6 Å². The number of carbonyl (C=O) groups excluding carboxylic acids is 1. The predicted molar refractivity (Wildman–Crippen MR) is 119 cm³/mol. The van der Waals surface area contributed by atoms with Crippen molar-refractivity contribution in [2.75, 3.05) is 19.3 Å². The van der Waals surface area contributed by atoms with E-state index in [1.165, 1.54) is 12.6 Å². The Kier molecular flexibility index (Phi) is 6.14. The molecule has 4 rings (SSSR count). The summed E-state index contributed by atoms with van der Waals surface area (Å²) in [6, 6.07) is 6.47. The van der Waals surface area contributed by atoms with Crippen molar-refractivity contribution < 1.29 is 17.9 Å². The first-order valence-corrected chi connectivity index (χ1v) is 12.5. The van der Waals surface area contributed by atoms with Gasteiger partial charge in [0.2, 0.25) is 11.8 Å². The molecule has 1 aliphatic heterocycles. The normalized spacial score (nSPS) is 15.4. The van der Waals surface area contributed by atoms with Crippen LogP contribution in [0, 0.1) is 5.92 Å². The fourth-order valence-electron chi connectivity index (χ4n) is 3.80. The number of rotatable bonds is 6. The van der Waals surface area contributed by atoms with Crippen molar-refractivity contribution in [3.63, 3.8) is 0 Å². The van der Waals surface area contributed by atoms with Gasteiger partial charge < -0.3 is 9.64 Å². The number of ether oxygens (including phenoxy) is 1. The third kappa shape index (κ3) is 4.74. The van der Waals surface area contributed by atoms with E-state index < -0.39 is 9.84 Å². The van der Waals surface area contributed by atoms with Crippen molar-refractivity contribution in [1.29, 1.82) is 0 Å². The lowest BCUT2D eigenvalue weighted by Gasteiger charge is -2.32. The van der Waals surface area contributed by atoms with Crippen LogP contribution in [0.4, 0.5) is 0 Å². The maximum absolute atomic E-state index is 12.3. The summed E-state index contributed by atoms with van der Waals surface area (Å²) in [6.07, 6.45) is 6.29. The third-order valence-corrected chi connectivity index (χ3v) is 6.62. The van der Waals surface area contributed by atoms with Crippen LogP contribution in [0.1, 0.15) is 33.1 Å². The summed E-state index contributed by atoms with van der Waals surface area (Å²) in [5.74, 6) is 1.01. The Morgan fingerprint density at radius 3 is 2.47 bits per heavy atom. The van der Waals surface area contributed by atoms with E-state index in [4.69, 9.17) is 4.74 Å². The molecule has 2 aromatic heterocycles. The highest BCUT2D eigenvalue weighted by Gasteiger charge is 2.25. The molecule has 3 aromatic rings. The summed E-state index contributed by atoms with van der Waals surface area (Å²) in [5, 5.41) is 5.08. The monoisotopic (exact) mass is 457 g/mol. The van der Waals surface area contributed by atoms with Crippen LogP contribution in [-0.4, -0.2) is 64.4 Å². The number of hydrogen-bond acceptors (Lipinski definition) is 7. The minimum atomic E-state index is -3.27. The first kappa shape index (κ1) is 22.2. The van der Waals surface area contributed by atoms with Crippen molar-refractivity contribution in [2.45, 2.75) is 44.1 Å². The molecule has 0 aliphatic carbocycles. The molecule has 0 radical (unpaired) electrons. The number of amides is 1.